The molecule has 0 bridgehead atoms. The average molecular weight is 400 g/mol. The van der Waals surface area contributed by atoms with Gasteiger partial charge in [-0.1, -0.05) is 54.6 Å². The van der Waals surface area contributed by atoms with Crippen molar-refractivity contribution in [1.29, 1.82) is 0 Å². The van der Waals surface area contributed by atoms with Crippen LogP contribution in [0.5, 0.6) is 5.75 Å². The van der Waals surface area contributed by atoms with Crippen LogP contribution in [0.4, 0.5) is 0 Å². The van der Waals surface area contributed by atoms with Gasteiger partial charge < -0.3 is 14.2 Å². The molecule has 0 atom stereocenters. The molecule has 4 aromatic rings. The van der Waals surface area contributed by atoms with Crippen molar-refractivity contribution in [3.8, 4) is 16.9 Å². The topological polar surface area (TPSA) is 61.8 Å². The van der Waals surface area contributed by atoms with Crippen molar-refractivity contribution in [2.75, 3.05) is 21.3 Å². The van der Waals surface area contributed by atoms with Crippen molar-refractivity contribution in [2.24, 2.45) is 0 Å². The molecule has 0 amide bonds. The molecular formula is C25H20O5. The Labute approximate surface area is 173 Å². The van der Waals surface area contributed by atoms with E-state index in [2.05, 4.69) is 0 Å². The minimum atomic E-state index is -0.619. The SMILES string of the molecule is COC(=O)c1cc2ccccc2c(-c2c(OC)ccc3ccccc23)c1C(=O)OC. The van der Waals surface area contributed by atoms with Crippen molar-refractivity contribution in [3.05, 3.63) is 77.9 Å². The van der Waals surface area contributed by atoms with Crippen molar-refractivity contribution in [3.63, 3.8) is 0 Å². The van der Waals surface area contributed by atoms with Crippen LogP contribution in [0.3, 0.4) is 0 Å². The highest BCUT2D eigenvalue weighted by Crippen LogP contribution is 2.43. The molecule has 5 nitrogen and oxygen atoms in total. The first-order valence-corrected chi connectivity index (χ1v) is 9.39. The third kappa shape index (κ3) is 3.05. The Bertz CT molecular complexity index is 1290. The van der Waals surface area contributed by atoms with E-state index < -0.39 is 11.9 Å². The van der Waals surface area contributed by atoms with Crippen LogP contribution in [0.1, 0.15) is 20.7 Å². The zero-order chi connectivity index (χ0) is 21.3. The van der Waals surface area contributed by atoms with Gasteiger partial charge in [-0.3, -0.25) is 0 Å². The van der Waals surface area contributed by atoms with Gasteiger partial charge in [0.2, 0.25) is 0 Å². The van der Waals surface area contributed by atoms with Crippen molar-refractivity contribution < 1.29 is 23.8 Å². The Kier molecular flexibility index (Phi) is 5.11. The number of carbonyl (C=O) groups excluding carboxylic acids is 2. The first-order valence-electron chi connectivity index (χ1n) is 9.39. The Morgan fingerprint density at radius 1 is 0.667 bits per heavy atom. The zero-order valence-electron chi connectivity index (χ0n) is 16.9. The van der Waals surface area contributed by atoms with Crippen LogP contribution in [0.25, 0.3) is 32.7 Å². The number of ether oxygens (including phenoxy) is 3. The molecule has 4 aromatic carbocycles. The monoisotopic (exact) mass is 400 g/mol. The normalized spacial score (nSPS) is 10.8. The maximum Gasteiger partial charge on any atom is 0.339 e. The number of hydrogen-bond acceptors (Lipinski definition) is 5. The number of methoxy groups -OCH3 is 3. The number of rotatable bonds is 4. The van der Waals surface area contributed by atoms with E-state index in [0.29, 0.717) is 11.3 Å². The van der Waals surface area contributed by atoms with Crippen LogP contribution in [0, 0.1) is 0 Å². The molecular weight excluding hydrogens is 380 g/mol. The van der Waals surface area contributed by atoms with E-state index in [1.807, 2.05) is 60.7 Å². The maximum atomic E-state index is 13.0. The van der Waals surface area contributed by atoms with Gasteiger partial charge in [0.25, 0.3) is 0 Å². The fraction of sp³-hybridized carbons (Fsp3) is 0.120. The molecule has 30 heavy (non-hydrogen) atoms. The van der Waals surface area contributed by atoms with Gasteiger partial charge in [-0.2, -0.15) is 0 Å². The minimum Gasteiger partial charge on any atom is -0.496 e. The number of benzene rings is 4. The van der Waals surface area contributed by atoms with Crippen LogP contribution in [-0.4, -0.2) is 33.3 Å². The fourth-order valence-electron chi connectivity index (χ4n) is 3.87. The van der Waals surface area contributed by atoms with Gasteiger partial charge in [0.05, 0.1) is 32.5 Å². The summed E-state index contributed by atoms with van der Waals surface area (Å²) in [6, 6.07) is 20.9. The third-order valence-corrected chi connectivity index (χ3v) is 5.20. The number of fused-ring (bicyclic) bond motifs is 2. The molecule has 0 saturated heterocycles. The summed E-state index contributed by atoms with van der Waals surface area (Å²) in [5, 5.41) is 3.49. The molecule has 0 fully saturated rings. The second-order valence-corrected chi connectivity index (χ2v) is 6.74. The molecule has 0 saturated carbocycles. The molecule has 0 aliphatic rings. The highest BCUT2D eigenvalue weighted by molar-refractivity contribution is 6.19. The first-order chi connectivity index (χ1) is 14.6. The number of hydrogen-bond donors (Lipinski definition) is 0. The summed E-state index contributed by atoms with van der Waals surface area (Å²) in [6.07, 6.45) is 0. The van der Waals surface area contributed by atoms with E-state index in [0.717, 1.165) is 27.1 Å². The van der Waals surface area contributed by atoms with Crippen LogP contribution in [-0.2, 0) is 9.47 Å². The summed E-state index contributed by atoms with van der Waals surface area (Å²) in [5.74, 6) is -0.640. The van der Waals surface area contributed by atoms with Gasteiger partial charge in [0, 0.05) is 11.1 Å². The molecule has 0 aliphatic carbocycles. The fourth-order valence-corrected chi connectivity index (χ4v) is 3.87. The summed E-state index contributed by atoms with van der Waals surface area (Å²) in [6.45, 7) is 0. The highest BCUT2D eigenvalue weighted by Gasteiger charge is 2.28. The molecule has 0 aromatic heterocycles. The Morgan fingerprint density at radius 2 is 1.27 bits per heavy atom. The van der Waals surface area contributed by atoms with E-state index in [-0.39, 0.29) is 11.1 Å². The smallest absolute Gasteiger partial charge is 0.339 e. The first kappa shape index (κ1) is 19.5. The Morgan fingerprint density at radius 3 is 1.90 bits per heavy atom. The van der Waals surface area contributed by atoms with Gasteiger partial charge in [0.1, 0.15) is 5.75 Å². The highest BCUT2D eigenvalue weighted by atomic mass is 16.5. The van der Waals surface area contributed by atoms with Gasteiger partial charge in [-0.05, 0) is 33.7 Å². The Hall–Kier alpha value is -3.86. The summed E-state index contributed by atoms with van der Waals surface area (Å²) in [4.78, 5) is 25.6. The predicted octanol–water partition coefficient (Wildman–Crippen LogP) is 5.24. The molecule has 0 radical (unpaired) electrons. The van der Waals surface area contributed by atoms with E-state index in [1.54, 1.807) is 13.2 Å². The minimum absolute atomic E-state index is 0.146. The van der Waals surface area contributed by atoms with Crippen LogP contribution >= 0.6 is 0 Å². The lowest BCUT2D eigenvalue weighted by atomic mass is 9.86. The largest absolute Gasteiger partial charge is 0.496 e. The van der Waals surface area contributed by atoms with E-state index in [1.165, 1.54) is 14.2 Å². The lowest BCUT2D eigenvalue weighted by Gasteiger charge is -2.19. The van der Waals surface area contributed by atoms with Gasteiger partial charge in [0.15, 0.2) is 0 Å². The molecule has 5 heteroatoms. The van der Waals surface area contributed by atoms with E-state index in [4.69, 9.17) is 14.2 Å². The quantitative estimate of drug-likeness (QED) is 0.438. The molecule has 0 spiro atoms. The van der Waals surface area contributed by atoms with Crippen LogP contribution < -0.4 is 4.74 Å². The lowest BCUT2D eigenvalue weighted by molar-refractivity contribution is 0.0556. The van der Waals surface area contributed by atoms with Gasteiger partial charge >= 0.3 is 11.9 Å². The van der Waals surface area contributed by atoms with Crippen molar-refractivity contribution in [2.45, 2.75) is 0 Å². The van der Waals surface area contributed by atoms with Crippen molar-refractivity contribution >= 4 is 33.5 Å². The summed E-state index contributed by atoms with van der Waals surface area (Å²) in [5.41, 5.74) is 1.60. The standard InChI is InChI=1S/C25H20O5/c1-28-20-13-12-15-8-4-6-10-17(15)21(20)22-18-11-7-5-9-16(18)14-19(24(26)29-2)23(22)25(27)30-3/h4-14H,1-3H3. The third-order valence-electron chi connectivity index (χ3n) is 5.20. The van der Waals surface area contributed by atoms with Gasteiger partial charge in [-0.15, -0.1) is 0 Å². The molecule has 4 rings (SSSR count). The van der Waals surface area contributed by atoms with Crippen LogP contribution in [0.15, 0.2) is 66.7 Å². The van der Waals surface area contributed by atoms with E-state index in [9.17, 15) is 9.59 Å². The predicted molar refractivity (Wildman–Crippen MR) is 116 cm³/mol. The molecule has 0 unspecified atom stereocenters. The van der Waals surface area contributed by atoms with E-state index >= 15 is 0 Å². The lowest BCUT2D eigenvalue weighted by Crippen LogP contribution is -2.14. The number of esters is 2. The summed E-state index contributed by atoms with van der Waals surface area (Å²) < 4.78 is 15.7. The second-order valence-electron chi connectivity index (χ2n) is 6.74. The summed E-state index contributed by atoms with van der Waals surface area (Å²) in [7, 11) is 4.16. The maximum absolute atomic E-state index is 13.0. The van der Waals surface area contributed by atoms with Gasteiger partial charge in [-0.25, -0.2) is 9.59 Å². The molecule has 0 N–H and O–H groups in total. The van der Waals surface area contributed by atoms with Crippen LogP contribution in [0.2, 0.25) is 0 Å². The summed E-state index contributed by atoms with van der Waals surface area (Å²) >= 11 is 0. The Balaban J connectivity index is 2.28. The second kappa shape index (κ2) is 7.87. The van der Waals surface area contributed by atoms with Crippen molar-refractivity contribution in [1.82, 2.24) is 0 Å². The average Bonchev–Trinajstić information content (AvgIpc) is 2.81. The molecule has 0 aliphatic heterocycles. The molecule has 0 heterocycles. The molecule has 150 valence electrons. The number of carbonyl (C=O) groups is 2. The zero-order valence-corrected chi connectivity index (χ0v) is 16.9.